The summed E-state index contributed by atoms with van der Waals surface area (Å²) < 4.78 is 45.5. The van der Waals surface area contributed by atoms with Gasteiger partial charge in [0, 0.05) is 0 Å². The average Bonchev–Trinajstić information content (AvgIpc) is 3.20. The molecule has 0 unspecified atom stereocenters. The molecule has 0 fully saturated rings. The van der Waals surface area contributed by atoms with Gasteiger partial charge in [0.15, 0.2) is 0 Å². The topological polar surface area (TPSA) is 17.3 Å². The van der Waals surface area contributed by atoms with Crippen molar-refractivity contribution in [3.8, 4) is 0 Å². The molecule has 0 spiro atoms. The van der Waals surface area contributed by atoms with Crippen LogP contribution < -0.4 is 2.89 Å². The molecule has 8 heteroatoms. The van der Waals surface area contributed by atoms with Crippen LogP contribution in [0.4, 0.5) is 13.2 Å². The van der Waals surface area contributed by atoms with Crippen LogP contribution in [0.1, 0.15) is 59.3 Å². The fourth-order valence-electron chi connectivity index (χ4n) is 3.56. The summed E-state index contributed by atoms with van der Waals surface area (Å²) in [7, 11) is 0. The van der Waals surface area contributed by atoms with E-state index in [2.05, 4.69) is 32.0 Å². The molecule has 2 aromatic rings. The first-order valence-corrected chi connectivity index (χ1v) is 19.3. The Balaban J connectivity index is 2.35. The maximum absolute atomic E-state index is 12.6. The molecule has 0 aromatic carbocycles. The molecule has 2 rings (SSSR count). The molecule has 0 aliphatic heterocycles. The summed E-state index contributed by atoms with van der Waals surface area (Å²) in [6.45, 7) is 6.77. The van der Waals surface area contributed by atoms with Crippen LogP contribution >= 0.6 is 23.1 Å². The third-order valence-electron chi connectivity index (χ3n) is 5.10. The van der Waals surface area contributed by atoms with E-state index in [-0.39, 0.29) is 0 Å². The van der Waals surface area contributed by atoms with Crippen molar-refractivity contribution in [1.29, 1.82) is 0 Å². The van der Waals surface area contributed by atoms with Crippen LogP contribution in [0, 0.1) is 0 Å². The molecule has 27 heavy (non-hydrogen) atoms. The molecule has 154 valence electrons. The van der Waals surface area contributed by atoms with E-state index in [0.29, 0.717) is 5.03 Å². The molecule has 0 saturated heterocycles. The van der Waals surface area contributed by atoms with Gasteiger partial charge in [0.1, 0.15) is 0 Å². The number of aromatic nitrogens is 2. The Bertz CT molecular complexity index is 675. The quantitative estimate of drug-likeness (QED) is 0.216. The van der Waals surface area contributed by atoms with Crippen molar-refractivity contribution in [3.63, 3.8) is 0 Å². The molecule has 2 heterocycles. The van der Waals surface area contributed by atoms with Crippen molar-refractivity contribution in [3.05, 3.63) is 12.5 Å². The van der Waals surface area contributed by atoms with Crippen LogP contribution in [0.5, 0.6) is 0 Å². The Morgan fingerprint density at radius 1 is 1.04 bits per heavy atom. The van der Waals surface area contributed by atoms with Gasteiger partial charge in [-0.1, -0.05) is 0 Å². The molecular weight excluding hydrogens is 496 g/mol. The number of thioether (sulfide) groups is 1. The molecule has 0 bridgehead atoms. The number of fused-ring (bicyclic) bond motifs is 1. The van der Waals surface area contributed by atoms with Crippen molar-refractivity contribution < 1.29 is 13.2 Å². The molecule has 0 amide bonds. The van der Waals surface area contributed by atoms with Crippen LogP contribution in [0.25, 0.3) is 4.83 Å². The predicted molar refractivity (Wildman–Crippen MR) is 114 cm³/mol. The van der Waals surface area contributed by atoms with Crippen molar-refractivity contribution in [2.75, 3.05) is 5.75 Å². The second kappa shape index (κ2) is 10.8. The summed E-state index contributed by atoms with van der Waals surface area (Å²) in [6, 6.07) is 0. The molecule has 2 nitrogen and oxygen atoms in total. The maximum atomic E-state index is 12.6. The standard InChI is InChI=1S/C7H4F3N2S2.3C4H9.Sn/c8-7(9,10)3-14-5-6-12(4-11-5)1-2-13-6;3*1-3-4-2;/h1,4H,3H2;3*1,3-4H2,2H3;. The molecule has 0 saturated carbocycles. The van der Waals surface area contributed by atoms with Crippen LogP contribution in [0.15, 0.2) is 17.6 Å². The number of hydrogen-bond donors (Lipinski definition) is 0. The molecule has 0 radical (unpaired) electrons. The Morgan fingerprint density at radius 3 is 2.07 bits per heavy atom. The van der Waals surface area contributed by atoms with Crippen molar-refractivity contribution in [2.24, 2.45) is 0 Å². The fourth-order valence-corrected chi connectivity index (χ4v) is 24.4. The number of halogens is 3. The predicted octanol–water partition coefficient (Wildman–Crippen LogP) is 7.11. The summed E-state index contributed by atoms with van der Waals surface area (Å²) in [5.41, 5.74) is 0. The van der Waals surface area contributed by atoms with Crippen LogP contribution in [-0.4, -0.2) is 39.7 Å². The fraction of sp³-hybridized carbons (Fsp3) is 0.737. The molecule has 0 N–H and O–H groups in total. The van der Waals surface area contributed by atoms with Crippen molar-refractivity contribution in [1.82, 2.24) is 9.38 Å². The van der Waals surface area contributed by atoms with E-state index >= 15 is 0 Å². The van der Waals surface area contributed by atoms with Crippen LogP contribution in [-0.2, 0) is 0 Å². The van der Waals surface area contributed by atoms with Gasteiger partial charge in [0.05, 0.1) is 0 Å². The number of nitrogens with zero attached hydrogens (tertiary/aromatic N) is 2. The monoisotopic (exact) mass is 528 g/mol. The first-order chi connectivity index (χ1) is 12.8. The van der Waals surface area contributed by atoms with E-state index < -0.39 is 30.3 Å². The van der Waals surface area contributed by atoms with Gasteiger partial charge in [-0.25, -0.2) is 0 Å². The Kier molecular flexibility index (Phi) is 9.32. The summed E-state index contributed by atoms with van der Waals surface area (Å²) in [4.78, 5) is 5.13. The van der Waals surface area contributed by atoms with Gasteiger partial charge < -0.3 is 0 Å². The SMILES string of the molecule is CCC[CH2][Sn]([CH2]CCC)([CH2]CCC)[c]1cn2cnc(SCC(F)(F)F)c2s1. The van der Waals surface area contributed by atoms with E-state index in [1.165, 1.54) is 54.7 Å². The van der Waals surface area contributed by atoms with E-state index in [9.17, 15) is 13.2 Å². The van der Waals surface area contributed by atoms with Gasteiger partial charge in [0.25, 0.3) is 0 Å². The summed E-state index contributed by atoms with van der Waals surface area (Å²) in [6.07, 6.45) is 7.26. The first-order valence-electron chi connectivity index (χ1n) is 10.0. The van der Waals surface area contributed by atoms with Crippen LogP contribution in [0.3, 0.4) is 0 Å². The molecule has 0 atom stereocenters. The molecule has 0 aliphatic carbocycles. The molecule has 2 aromatic heterocycles. The van der Waals surface area contributed by atoms with Gasteiger partial charge in [0.2, 0.25) is 0 Å². The Labute approximate surface area is 173 Å². The summed E-state index contributed by atoms with van der Waals surface area (Å²) in [5, 5.41) is 0.533. The molecule has 0 aliphatic rings. The van der Waals surface area contributed by atoms with Gasteiger partial charge in [-0.05, 0) is 0 Å². The third-order valence-corrected chi connectivity index (χ3v) is 25.6. The number of alkyl halides is 3. The van der Waals surface area contributed by atoms with Gasteiger partial charge >= 0.3 is 174 Å². The summed E-state index contributed by atoms with van der Waals surface area (Å²) in [5.74, 6) is -0.872. The Hall–Kier alpha value is 0.109. The van der Waals surface area contributed by atoms with E-state index in [1.54, 1.807) is 17.7 Å². The van der Waals surface area contributed by atoms with E-state index in [1.807, 2.05) is 4.40 Å². The van der Waals surface area contributed by atoms with Crippen LogP contribution in [0.2, 0.25) is 13.3 Å². The molecular formula is C19H31F3N2S2Sn. The van der Waals surface area contributed by atoms with Gasteiger partial charge in [-0.15, -0.1) is 0 Å². The number of hydrogen-bond acceptors (Lipinski definition) is 3. The average molecular weight is 527 g/mol. The Morgan fingerprint density at radius 2 is 1.59 bits per heavy atom. The van der Waals surface area contributed by atoms with E-state index in [4.69, 9.17) is 0 Å². The normalized spacial score (nSPS) is 13.0. The van der Waals surface area contributed by atoms with Crippen molar-refractivity contribution >= 4 is 49.2 Å². The van der Waals surface area contributed by atoms with Gasteiger partial charge in [-0.2, -0.15) is 0 Å². The first kappa shape index (κ1) is 23.4. The minimum absolute atomic E-state index is 0.533. The zero-order valence-corrected chi connectivity index (χ0v) is 21.1. The zero-order valence-electron chi connectivity index (χ0n) is 16.6. The summed E-state index contributed by atoms with van der Waals surface area (Å²) >= 11 is 0.0282. The number of rotatable bonds is 12. The minimum atomic E-state index is -4.16. The second-order valence-corrected chi connectivity index (χ2v) is 23.5. The van der Waals surface area contributed by atoms with E-state index in [0.717, 1.165) is 16.6 Å². The zero-order chi connectivity index (χ0) is 19.9. The second-order valence-electron chi connectivity index (χ2n) is 7.35. The number of imidazole rings is 1. The number of thiazole rings is 1. The number of unbranched alkanes of at least 4 members (excludes halogenated alkanes) is 3. The third kappa shape index (κ3) is 6.56. The van der Waals surface area contributed by atoms with Gasteiger partial charge in [-0.3, -0.25) is 0 Å². The van der Waals surface area contributed by atoms with Crippen molar-refractivity contribution in [2.45, 2.75) is 83.8 Å².